The van der Waals surface area contributed by atoms with Gasteiger partial charge in [-0.25, -0.2) is 4.79 Å². The van der Waals surface area contributed by atoms with E-state index in [2.05, 4.69) is 15.2 Å². The van der Waals surface area contributed by atoms with Crippen LogP contribution in [0.2, 0.25) is 0 Å². The van der Waals surface area contributed by atoms with Crippen molar-refractivity contribution in [2.24, 2.45) is 0 Å². The maximum Gasteiger partial charge on any atom is 0.364 e. The molecule has 0 spiro atoms. The van der Waals surface area contributed by atoms with Crippen molar-refractivity contribution in [2.45, 2.75) is 5.03 Å². The molecule has 0 unspecified atom stereocenters. The zero-order valence-electron chi connectivity index (χ0n) is 5.29. The molecular weight excluding hydrogens is 152 g/mol. The minimum atomic E-state index is -0.474. The van der Waals surface area contributed by atoms with Gasteiger partial charge in [0, 0.05) is 0 Å². The Hall–Kier alpha value is -1.04. The Morgan fingerprint density at radius 3 is 2.80 bits per heavy atom. The number of hydrogen-bond donors (Lipinski definition) is 2. The summed E-state index contributed by atoms with van der Waals surface area (Å²) in [7, 11) is 0. The van der Waals surface area contributed by atoms with Crippen molar-refractivity contribution in [3.8, 4) is 0 Å². The quantitative estimate of drug-likeness (QED) is 0.536. The highest BCUT2D eigenvalue weighted by Crippen LogP contribution is 2.13. The number of nitrogens with one attached hydrogen (secondary N) is 1. The van der Waals surface area contributed by atoms with Gasteiger partial charge in [0.25, 0.3) is 0 Å². The van der Waals surface area contributed by atoms with Crippen molar-refractivity contribution in [1.29, 1.82) is 0 Å². The molecule has 0 fully saturated rings. The molecule has 0 saturated carbocycles. The van der Waals surface area contributed by atoms with Gasteiger partial charge >= 0.3 is 5.69 Å². The van der Waals surface area contributed by atoms with Gasteiger partial charge in [-0.3, -0.25) is 4.98 Å². The Morgan fingerprint density at radius 1 is 1.60 bits per heavy atom. The van der Waals surface area contributed by atoms with Crippen molar-refractivity contribution >= 4 is 17.6 Å². The van der Waals surface area contributed by atoms with Gasteiger partial charge in [-0.1, -0.05) is 5.10 Å². The molecule has 1 aromatic heterocycles. The molecule has 0 atom stereocenters. The average molecular weight is 158 g/mol. The zero-order valence-corrected chi connectivity index (χ0v) is 6.10. The third kappa shape index (κ3) is 1.27. The molecule has 1 heterocycles. The van der Waals surface area contributed by atoms with Crippen LogP contribution < -0.4 is 11.4 Å². The Labute approximate surface area is 61.0 Å². The lowest BCUT2D eigenvalue weighted by Gasteiger charge is -1.95. The van der Waals surface area contributed by atoms with Crippen LogP contribution in [0.5, 0.6) is 0 Å². The van der Waals surface area contributed by atoms with Crippen LogP contribution in [0.3, 0.4) is 0 Å². The summed E-state index contributed by atoms with van der Waals surface area (Å²) >= 11 is 1.33. The summed E-state index contributed by atoms with van der Waals surface area (Å²) in [6.45, 7) is 0. The third-order valence-corrected chi connectivity index (χ3v) is 1.63. The Balaban J connectivity index is 3.22. The topological polar surface area (TPSA) is 84.7 Å². The zero-order chi connectivity index (χ0) is 7.56. The number of nitrogens with zero attached hydrogens (tertiary/aromatic N) is 2. The predicted molar refractivity (Wildman–Crippen MR) is 38.8 cm³/mol. The predicted octanol–water partition coefficient (Wildman–Crippen LogP) is -0.531. The van der Waals surface area contributed by atoms with E-state index < -0.39 is 5.69 Å². The molecule has 3 N–H and O–H groups in total. The molecule has 0 aliphatic heterocycles. The molecule has 1 rings (SSSR count). The first-order chi connectivity index (χ1) is 4.74. The molecule has 0 bridgehead atoms. The van der Waals surface area contributed by atoms with Crippen LogP contribution in [0.1, 0.15) is 0 Å². The smallest absolute Gasteiger partial charge is 0.364 e. The molecule has 5 nitrogen and oxygen atoms in total. The van der Waals surface area contributed by atoms with Gasteiger partial charge in [0.1, 0.15) is 5.03 Å². The van der Waals surface area contributed by atoms with Gasteiger partial charge in [0.05, 0.1) is 0 Å². The van der Waals surface area contributed by atoms with Crippen LogP contribution in [-0.4, -0.2) is 21.4 Å². The standard InChI is InChI=1S/C4H6N4OS/c1-10-3-2(5)7-8-4(9)6-3/h1H3,(H2,5,7)(H,6,8,9). The van der Waals surface area contributed by atoms with Gasteiger partial charge in [-0.2, -0.15) is 0 Å². The maximum atomic E-state index is 10.5. The molecule has 6 heteroatoms. The summed E-state index contributed by atoms with van der Waals surface area (Å²) in [6, 6.07) is 0. The van der Waals surface area contributed by atoms with E-state index in [-0.39, 0.29) is 5.82 Å². The molecule has 0 aliphatic rings. The van der Waals surface area contributed by atoms with Crippen molar-refractivity contribution in [2.75, 3.05) is 12.0 Å². The van der Waals surface area contributed by atoms with E-state index in [0.29, 0.717) is 5.03 Å². The number of hydrogen-bond acceptors (Lipinski definition) is 5. The molecule has 10 heavy (non-hydrogen) atoms. The van der Waals surface area contributed by atoms with E-state index in [0.717, 1.165) is 0 Å². The lowest BCUT2D eigenvalue weighted by molar-refractivity contribution is 0.866. The highest BCUT2D eigenvalue weighted by molar-refractivity contribution is 7.98. The fourth-order valence-corrected chi connectivity index (χ4v) is 0.926. The monoisotopic (exact) mass is 158 g/mol. The lowest BCUT2D eigenvalue weighted by atomic mass is 10.8. The van der Waals surface area contributed by atoms with Crippen molar-refractivity contribution in [1.82, 2.24) is 15.2 Å². The fraction of sp³-hybridized carbons (Fsp3) is 0.250. The maximum absolute atomic E-state index is 10.5. The van der Waals surface area contributed by atoms with Crippen LogP contribution in [0.4, 0.5) is 5.82 Å². The van der Waals surface area contributed by atoms with Gasteiger partial charge < -0.3 is 5.73 Å². The van der Waals surface area contributed by atoms with Crippen LogP contribution in [-0.2, 0) is 0 Å². The second-order valence-corrected chi connectivity index (χ2v) is 2.37. The number of thioether (sulfide) groups is 1. The minimum Gasteiger partial charge on any atom is -0.380 e. The summed E-state index contributed by atoms with van der Waals surface area (Å²) in [4.78, 5) is 12.9. The van der Waals surface area contributed by atoms with Gasteiger partial charge in [0.15, 0.2) is 5.82 Å². The van der Waals surface area contributed by atoms with Crippen molar-refractivity contribution in [3.05, 3.63) is 10.5 Å². The van der Waals surface area contributed by atoms with Crippen LogP contribution in [0.25, 0.3) is 0 Å². The molecule has 54 valence electrons. The van der Waals surface area contributed by atoms with E-state index in [9.17, 15) is 4.79 Å². The number of aromatic amines is 1. The summed E-state index contributed by atoms with van der Waals surface area (Å²) < 4.78 is 0. The Morgan fingerprint density at radius 2 is 2.30 bits per heavy atom. The minimum absolute atomic E-state index is 0.257. The van der Waals surface area contributed by atoms with E-state index in [1.54, 1.807) is 6.26 Å². The van der Waals surface area contributed by atoms with Crippen LogP contribution >= 0.6 is 11.8 Å². The highest BCUT2D eigenvalue weighted by Gasteiger charge is 1.98. The number of aromatic nitrogens is 3. The average Bonchev–Trinajstić information content (AvgIpc) is 1.94. The van der Waals surface area contributed by atoms with Crippen LogP contribution in [0.15, 0.2) is 9.82 Å². The molecule has 0 saturated heterocycles. The summed E-state index contributed by atoms with van der Waals surface area (Å²) in [5.41, 5.74) is 4.86. The Kier molecular flexibility index (Phi) is 1.91. The van der Waals surface area contributed by atoms with E-state index in [1.807, 2.05) is 0 Å². The largest absolute Gasteiger partial charge is 0.380 e. The van der Waals surface area contributed by atoms with Gasteiger partial charge in [-0.15, -0.1) is 16.9 Å². The highest BCUT2D eigenvalue weighted by atomic mass is 32.2. The first-order valence-electron chi connectivity index (χ1n) is 2.50. The number of nitrogens with two attached hydrogens (primary N) is 1. The number of anilines is 1. The van der Waals surface area contributed by atoms with Gasteiger partial charge in [-0.05, 0) is 6.26 Å². The molecular formula is C4H6N4OS. The molecule has 0 amide bonds. The van der Waals surface area contributed by atoms with E-state index in [1.165, 1.54) is 11.8 Å². The molecule has 1 aromatic rings. The normalized spacial score (nSPS) is 9.70. The molecule has 0 aromatic carbocycles. The Bertz CT molecular complexity index is 283. The van der Waals surface area contributed by atoms with Crippen LogP contribution in [0, 0.1) is 0 Å². The number of H-pyrrole nitrogens is 1. The van der Waals surface area contributed by atoms with E-state index >= 15 is 0 Å². The summed E-state index contributed by atoms with van der Waals surface area (Å²) in [5.74, 6) is 0.257. The lowest BCUT2D eigenvalue weighted by Crippen LogP contribution is -2.14. The summed E-state index contributed by atoms with van der Waals surface area (Å²) in [6.07, 6.45) is 1.79. The third-order valence-electron chi connectivity index (χ3n) is 0.906. The summed E-state index contributed by atoms with van der Waals surface area (Å²) in [5, 5.41) is 7.16. The first kappa shape index (κ1) is 7.07. The second-order valence-electron chi connectivity index (χ2n) is 1.55. The second kappa shape index (κ2) is 2.70. The first-order valence-corrected chi connectivity index (χ1v) is 3.73. The number of rotatable bonds is 1. The van der Waals surface area contributed by atoms with Gasteiger partial charge in [0.2, 0.25) is 0 Å². The van der Waals surface area contributed by atoms with E-state index in [4.69, 9.17) is 5.73 Å². The van der Waals surface area contributed by atoms with Crippen molar-refractivity contribution in [3.63, 3.8) is 0 Å². The van der Waals surface area contributed by atoms with Crippen molar-refractivity contribution < 1.29 is 0 Å². The fourth-order valence-electron chi connectivity index (χ4n) is 0.486. The molecule has 0 radical (unpaired) electrons. The SMILES string of the molecule is CSc1[nH]c(=O)nnc1N. The number of nitrogen functional groups attached to an aromatic ring is 1. The molecule has 0 aliphatic carbocycles.